The third kappa shape index (κ3) is 5.30. The van der Waals surface area contributed by atoms with Crippen LogP contribution in [0.2, 0.25) is 0 Å². The van der Waals surface area contributed by atoms with Crippen LogP contribution in [0, 0.1) is 11.6 Å². The highest BCUT2D eigenvalue weighted by atomic mass is 19.1. The van der Waals surface area contributed by atoms with Crippen molar-refractivity contribution in [3.63, 3.8) is 0 Å². The Morgan fingerprint density at radius 2 is 1.87 bits per heavy atom. The maximum Gasteiger partial charge on any atom is 0.167 e. The van der Waals surface area contributed by atoms with Gasteiger partial charge in [0.1, 0.15) is 29.2 Å². The fraction of sp³-hybridized carbons (Fsp3) is 0.407. The Balaban J connectivity index is 1.46. The number of ether oxygens (including phenoxy) is 1. The molecule has 4 aromatic rings. The second-order valence-electron chi connectivity index (χ2n) is 10.0. The van der Waals surface area contributed by atoms with Gasteiger partial charge in [-0.25, -0.2) is 18.7 Å². The lowest BCUT2D eigenvalue weighted by molar-refractivity contribution is -0.0516. The molecule has 1 atom stereocenters. The molecule has 5 rings (SSSR count). The summed E-state index contributed by atoms with van der Waals surface area (Å²) in [5, 5.41) is 25.2. The summed E-state index contributed by atoms with van der Waals surface area (Å²) in [5.41, 5.74) is 1.46. The summed E-state index contributed by atoms with van der Waals surface area (Å²) < 4.78 is 35.0. The van der Waals surface area contributed by atoms with E-state index in [0.717, 1.165) is 11.6 Å². The number of piperidine rings is 1. The van der Waals surface area contributed by atoms with E-state index in [-0.39, 0.29) is 11.9 Å². The minimum atomic E-state index is -1.38. The molecule has 0 radical (unpaired) electrons. The van der Waals surface area contributed by atoms with E-state index >= 15 is 0 Å². The first-order chi connectivity index (χ1) is 18.1. The van der Waals surface area contributed by atoms with Gasteiger partial charge in [-0.1, -0.05) is 0 Å². The number of rotatable bonds is 7. The number of hydrogen-bond donors (Lipinski definition) is 2. The predicted octanol–water partition coefficient (Wildman–Crippen LogP) is 4.04. The monoisotopic (exact) mass is 524 g/mol. The number of aliphatic hydroxyl groups is 2. The fourth-order valence-electron chi connectivity index (χ4n) is 4.49. The summed E-state index contributed by atoms with van der Waals surface area (Å²) in [6.45, 7) is 6.88. The van der Waals surface area contributed by atoms with Gasteiger partial charge in [0, 0.05) is 50.3 Å². The van der Waals surface area contributed by atoms with Crippen LogP contribution in [-0.2, 0) is 6.54 Å². The fourth-order valence-corrected chi connectivity index (χ4v) is 4.49. The Morgan fingerprint density at radius 3 is 2.53 bits per heavy atom. The normalized spacial score (nSPS) is 15.7. The summed E-state index contributed by atoms with van der Waals surface area (Å²) in [4.78, 5) is 16.2. The van der Waals surface area contributed by atoms with Crippen molar-refractivity contribution in [2.24, 2.45) is 0 Å². The zero-order chi connectivity index (χ0) is 27.0. The molecule has 11 heteroatoms. The standard InChI is InChI=1S/C27H30F2N6O3/c1-4-35-15-16(13-31-35)24-26(33-20-12-21(25(36)27(2,3)37)30-14-22(20)32-24)34-9-7-18(8-10-34)38-23-6-5-17(28)11-19(23)29/h5-6,11-15,18,25,36-37H,4,7-10H2,1-3H3/t25-/m1/s1. The largest absolute Gasteiger partial charge is 0.487 e. The molecule has 1 fully saturated rings. The molecule has 0 spiro atoms. The van der Waals surface area contributed by atoms with Gasteiger partial charge in [0.15, 0.2) is 17.4 Å². The van der Waals surface area contributed by atoms with Gasteiger partial charge in [0.05, 0.1) is 29.2 Å². The number of halogens is 2. The third-order valence-corrected chi connectivity index (χ3v) is 6.66. The molecule has 1 aliphatic heterocycles. The van der Waals surface area contributed by atoms with Gasteiger partial charge in [-0.05, 0) is 39.0 Å². The molecular weight excluding hydrogens is 494 g/mol. The Bertz CT molecular complexity index is 1450. The molecule has 2 N–H and O–H groups in total. The number of benzene rings is 1. The highest BCUT2D eigenvalue weighted by Gasteiger charge is 2.29. The number of aromatic nitrogens is 5. The van der Waals surface area contributed by atoms with Gasteiger partial charge in [-0.15, -0.1) is 0 Å². The lowest BCUT2D eigenvalue weighted by Gasteiger charge is -2.33. The van der Waals surface area contributed by atoms with Crippen molar-refractivity contribution >= 4 is 16.9 Å². The number of fused-ring (bicyclic) bond motifs is 1. The van der Waals surface area contributed by atoms with E-state index in [1.807, 2.05) is 17.8 Å². The number of aryl methyl sites for hydroxylation is 1. The SMILES string of the molecule is CCn1cc(-c2nc3cnc([C@@H](O)C(C)(C)O)cc3nc2N2CCC(Oc3ccc(F)cc3F)CC2)cn1. The van der Waals surface area contributed by atoms with Crippen LogP contribution in [0.5, 0.6) is 5.75 Å². The second kappa shape index (κ2) is 10.2. The molecule has 1 aliphatic rings. The van der Waals surface area contributed by atoms with Crippen molar-refractivity contribution < 1.29 is 23.7 Å². The Kier molecular flexibility index (Phi) is 6.97. The van der Waals surface area contributed by atoms with Gasteiger partial charge in [-0.2, -0.15) is 5.10 Å². The van der Waals surface area contributed by atoms with Crippen molar-refractivity contribution in [1.82, 2.24) is 24.7 Å². The van der Waals surface area contributed by atoms with Gasteiger partial charge < -0.3 is 19.8 Å². The zero-order valence-corrected chi connectivity index (χ0v) is 21.5. The van der Waals surface area contributed by atoms with Crippen molar-refractivity contribution in [2.45, 2.75) is 58.0 Å². The van der Waals surface area contributed by atoms with E-state index in [0.29, 0.717) is 60.7 Å². The van der Waals surface area contributed by atoms with Crippen LogP contribution in [-0.4, -0.2) is 59.7 Å². The molecule has 0 bridgehead atoms. The zero-order valence-electron chi connectivity index (χ0n) is 21.5. The van der Waals surface area contributed by atoms with Crippen LogP contribution in [0.4, 0.5) is 14.6 Å². The molecule has 9 nitrogen and oxygen atoms in total. The highest BCUT2D eigenvalue weighted by Crippen LogP contribution is 2.33. The molecule has 200 valence electrons. The number of pyridine rings is 1. The summed E-state index contributed by atoms with van der Waals surface area (Å²) >= 11 is 0. The lowest BCUT2D eigenvalue weighted by atomic mass is 9.98. The van der Waals surface area contributed by atoms with E-state index in [4.69, 9.17) is 14.7 Å². The van der Waals surface area contributed by atoms with Crippen molar-refractivity contribution in [1.29, 1.82) is 0 Å². The molecule has 1 aromatic carbocycles. The minimum absolute atomic E-state index is 0.0356. The van der Waals surface area contributed by atoms with Crippen molar-refractivity contribution in [3.8, 4) is 17.0 Å². The maximum atomic E-state index is 14.1. The van der Waals surface area contributed by atoms with Crippen molar-refractivity contribution in [2.75, 3.05) is 18.0 Å². The average molecular weight is 525 g/mol. The highest BCUT2D eigenvalue weighted by molar-refractivity contribution is 5.83. The topological polar surface area (TPSA) is 109 Å². The van der Waals surface area contributed by atoms with Gasteiger partial charge >= 0.3 is 0 Å². The molecule has 0 amide bonds. The maximum absolute atomic E-state index is 14.1. The first-order valence-electron chi connectivity index (χ1n) is 12.6. The van der Waals surface area contributed by atoms with E-state index in [2.05, 4.69) is 15.0 Å². The van der Waals surface area contributed by atoms with Crippen LogP contribution in [0.25, 0.3) is 22.3 Å². The molecule has 0 unspecified atom stereocenters. The number of anilines is 1. The van der Waals surface area contributed by atoms with Gasteiger partial charge in [0.25, 0.3) is 0 Å². The summed E-state index contributed by atoms with van der Waals surface area (Å²) in [6, 6.07) is 4.94. The summed E-state index contributed by atoms with van der Waals surface area (Å²) in [6.07, 6.45) is 4.97. The van der Waals surface area contributed by atoms with E-state index in [1.165, 1.54) is 26.0 Å². The predicted molar refractivity (Wildman–Crippen MR) is 138 cm³/mol. The Hall–Kier alpha value is -3.70. The van der Waals surface area contributed by atoms with Gasteiger partial charge in [0.2, 0.25) is 0 Å². The molecule has 0 saturated carbocycles. The summed E-state index contributed by atoms with van der Waals surface area (Å²) in [7, 11) is 0. The quantitative estimate of drug-likeness (QED) is 0.373. The van der Waals surface area contributed by atoms with E-state index < -0.39 is 23.3 Å². The molecule has 3 aromatic heterocycles. The van der Waals surface area contributed by atoms with Gasteiger partial charge in [-0.3, -0.25) is 9.67 Å². The number of nitrogens with zero attached hydrogens (tertiary/aromatic N) is 6. The molecule has 0 aliphatic carbocycles. The molecule has 1 saturated heterocycles. The van der Waals surface area contributed by atoms with E-state index in [9.17, 15) is 19.0 Å². The lowest BCUT2D eigenvalue weighted by Crippen LogP contribution is -2.39. The third-order valence-electron chi connectivity index (χ3n) is 6.66. The van der Waals surface area contributed by atoms with Crippen LogP contribution in [0.3, 0.4) is 0 Å². The first-order valence-corrected chi connectivity index (χ1v) is 12.6. The smallest absolute Gasteiger partial charge is 0.167 e. The van der Waals surface area contributed by atoms with Crippen molar-refractivity contribution in [3.05, 3.63) is 60.2 Å². The Labute approximate surface area is 218 Å². The summed E-state index contributed by atoms with van der Waals surface area (Å²) in [5.74, 6) is -0.685. The van der Waals surface area contributed by atoms with Crippen LogP contribution >= 0.6 is 0 Å². The van der Waals surface area contributed by atoms with Crippen LogP contribution < -0.4 is 9.64 Å². The number of hydrogen-bond acceptors (Lipinski definition) is 8. The van der Waals surface area contributed by atoms with Crippen LogP contribution in [0.15, 0.2) is 42.9 Å². The van der Waals surface area contributed by atoms with E-state index in [1.54, 1.807) is 18.5 Å². The molecule has 4 heterocycles. The minimum Gasteiger partial charge on any atom is -0.487 e. The molecular formula is C27H30F2N6O3. The number of aliphatic hydroxyl groups excluding tert-OH is 1. The molecule has 38 heavy (non-hydrogen) atoms. The first kappa shape index (κ1) is 25.9. The Morgan fingerprint density at radius 1 is 1.11 bits per heavy atom. The second-order valence-corrected chi connectivity index (χ2v) is 10.0. The average Bonchev–Trinajstić information content (AvgIpc) is 3.38. The van der Waals surface area contributed by atoms with Crippen LogP contribution in [0.1, 0.15) is 45.4 Å².